The standard InChI is InChI=1S/C22H32O3P2/c1-4-6-18-26(23,19-7-5-2)22(25-3)27(24,20-14-10-8-11-15-20)21-16-12-9-13-17-21/h8-17,22H,4-7,18-19H2,1-3H3. The fourth-order valence-electron chi connectivity index (χ4n) is 3.52. The van der Waals surface area contributed by atoms with Gasteiger partial charge in [-0.3, -0.25) is 0 Å². The highest BCUT2D eigenvalue weighted by molar-refractivity contribution is 7.89. The van der Waals surface area contributed by atoms with Gasteiger partial charge in [-0.2, -0.15) is 0 Å². The van der Waals surface area contributed by atoms with Crippen molar-refractivity contribution < 1.29 is 13.9 Å². The van der Waals surface area contributed by atoms with Crippen LogP contribution in [0.3, 0.4) is 0 Å². The van der Waals surface area contributed by atoms with Crippen molar-refractivity contribution in [1.82, 2.24) is 0 Å². The smallest absolute Gasteiger partial charge is 0.177 e. The van der Waals surface area contributed by atoms with Crippen LogP contribution in [0.5, 0.6) is 0 Å². The predicted octanol–water partition coefficient (Wildman–Crippen LogP) is 5.89. The Balaban J connectivity index is 2.64. The van der Waals surface area contributed by atoms with Crippen LogP contribution in [0.25, 0.3) is 0 Å². The zero-order valence-electron chi connectivity index (χ0n) is 16.7. The predicted molar refractivity (Wildman–Crippen MR) is 118 cm³/mol. The lowest BCUT2D eigenvalue weighted by molar-refractivity contribution is 0.216. The monoisotopic (exact) mass is 406 g/mol. The van der Waals surface area contributed by atoms with Crippen molar-refractivity contribution >= 4 is 24.9 Å². The van der Waals surface area contributed by atoms with Gasteiger partial charge in [-0.05, 0) is 12.8 Å². The topological polar surface area (TPSA) is 43.4 Å². The highest BCUT2D eigenvalue weighted by atomic mass is 31.2. The third-order valence-corrected chi connectivity index (χ3v) is 13.3. The highest BCUT2D eigenvalue weighted by Gasteiger charge is 2.47. The number of rotatable bonds is 11. The van der Waals surface area contributed by atoms with Crippen LogP contribution < -0.4 is 10.6 Å². The number of hydrogen-bond donors (Lipinski definition) is 0. The number of methoxy groups -OCH3 is 1. The molecule has 0 N–H and O–H groups in total. The van der Waals surface area contributed by atoms with Gasteiger partial charge in [0.2, 0.25) is 0 Å². The van der Waals surface area contributed by atoms with Crippen molar-refractivity contribution in [3.63, 3.8) is 0 Å². The first-order chi connectivity index (χ1) is 13.0. The van der Waals surface area contributed by atoms with Crippen LogP contribution >= 0.6 is 14.3 Å². The van der Waals surface area contributed by atoms with E-state index in [4.69, 9.17) is 4.74 Å². The lowest BCUT2D eigenvalue weighted by Crippen LogP contribution is -2.29. The van der Waals surface area contributed by atoms with Crippen LogP contribution in [0.1, 0.15) is 39.5 Å². The van der Waals surface area contributed by atoms with E-state index in [0.717, 1.165) is 36.3 Å². The summed E-state index contributed by atoms with van der Waals surface area (Å²) in [6.07, 6.45) is 4.84. The molecular weight excluding hydrogens is 374 g/mol. The van der Waals surface area contributed by atoms with Gasteiger partial charge in [0.1, 0.15) is 7.14 Å². The lowest BCUT2D eigenvalue weighted by atomic mass is 10.4. The molecule has 0 spiro atoms. The maximum atomic E-state index is 14.6. The van der Waals surface area contributed by atoms with Gasteiger partial charge in [-0.25, -0.2) is 0 Å². The van der Waals surface area contributed by atoms with E-state index in [1.165, 1.54) is 0 Å². The highest BCUT2D eigenvalue weighted by Crippen LogP contribution is 2.67. The van der Waals surface area contributed by atoms with Crippen molar-refractivity contribution in [2.24, 2.45) is 0 Å². The maximum Gasteiger partial charge on any atom is 0.177 e. The number of unbranched alkanes of at least 4 members (excludes halogenated alkanes) is 2. The first kappa shape index (κ1) is 22.2. The van der Waals surface area contributed by atoms with Crippen LogP contribution in [0.15, 0.2) is 60.7 Å². The van der Waals surface area contributed by atoms with Gasteiger partial charge < -0.3 is 13.9 Å². The maximum absolute atomic E-state index is 14.6. The molecule has 5 heteroatoms. The molecule has 0 aliphatic heterocycles. The van der Waals surface area contributed by atoms with Crippen molar-refractivity contribution in [2.45, 2.75) is 45.1 Å². The second-order valence-electron chi connectivity index (χ2n) is 7.00. The first-order valence-corrected chi connectivity index (χ1v) is 13.8. The average molecular weight is 406 g/mol. The summed E-state index contributed by atoms with van der Waals surface area (Å²) in [7, 11) is -4.46. The molecule has 1 atom stereocenters. The molecule has 1 unspecified atom stereocenters. The summed E-state index contributed by atoms with van der Waals surface area (Å²) in [5.41, 5.74) is -0.770. The van der Waals surface area contributed by atoms with Gasteiger partial charge in [0.25, 0.3) is 0 Å². The van der Waals surface area contributed by atoms with Gasteiger partial charge in [0.05, 0.1) is 0 Å². The minimum atomic E-state index is -3.22. The average Bonchev–Trinajstić information content (AvgIpc) is 2.72. The first-order valence-electron chi connectivity index (χ1n) is 9.84. The quantitative estimate of drug-likeness (QED) is 0.437. The van der Waals surface area contributed by atoms with Gasteiger partial charge in [0.15, 0.2) is 12.7 Å². The Morgan fingerprint density at radius 3 is 1.52 bits per heavy atom. The molecule has 0 saturated carbocycles. The molecule has 0 amide bonds. The third-order valence-electron chi connectivity index (χ3n) is 4.98. The van der Waals surface area contributed by atoms with E-state index in [9.17, 15) is 9.13 Å². The van der Waals surface area contributed by atoms with Gasteiger partial charge in [-0.1, -0.05) is 87.4 Å². The Morgan fingerprint density at radius 2 is 1.19 bits per heavy atom. The van der Waals surface area contributed by atoms with Crippen LogP contribution in [0.2, 0.25) is 0 Å². The number of ether oxygens (including phenoxy) is 1. The van der Waals surface area contributed by atoms with Gasteiger partial charge in [-0.15, -0.1) is 0 Å². The van der Waals surface area contributed by atoms with Gasteiger partial charge >= 0.3 is 0 Å². The Bertz CT molecular complexity index is 719. The zero-order valence-corrected chi connectivity index (χ0v) is 18.5. The largest absolute Gasteiger partial charge is 0.365 e. The van der Waals surface area contributed by atoms with E-state index in [2.05, 4.69) is 13.8 Å². The lowest BCUT2D eigenvalue weighted by Gasteiger charge is -2.34. The Hall–Kier alpha value is -1.14. The summed E-state index contributed by atoms with van der Waals surface area (Å²) >= 11 is 0. The third kappa shape index (κ3) is 5.02. The molecule has 0 aliphatic carbocycles. The van der Waals surface area contributed by atoms with E-state index in [-0.39, 0.29) is 0 Å². The summed E-state index contributed by atoms with van der Waals surface area (Å²) in [5, 5.41) is 1.44. The molecule has 2 aromatic rings. The summed E-state index contributed by atoms with van der Waals surface area (Å²) in [6.45, 7) is 4.19. The molecule has 148 valence electrons. The normalized spacial score (nSPS) is 13.4. The number of benzene rings is 2. The van der Waals surface area contributed by atoms with Crippen LogP contribution in [0, 0.1) is 0 Å². The van der Waals surface area contributed by atoms with E-state index in [0.29, 0.717) is 12.3 Å². The van der Waals surface area contributed by atoms with Gasteiger partial charge in [0, 0.05) is 30.0 Å². The minimum absolute atomic E-state index is 0.589. The molecule has 0 aliphatic rings. The molecule has 0 saturated heterocycles. The van der Waals surface area contributed by atoms with Crippen molar-refractivity contribution in [3.05, 3.63) is 60.7 Å². The molecule has 0 heterocycles. The summed E-state index contributed by atoms with van der Waals surface area (Å²) in [4.78, 5) is 0. The van der Waals surface area contributed by atoms with E-state index in [1.807, 2.05) is 60.7 Å². The van der Waals surface area contributed by atoms with E-state index in [1.54, 1.807) is 7.11 Å². The zero-order chi connectivity index (χ0) is 19.8. The van der Waals surface area contributed by atoms with Crippen LogP contribution in [-0.2, 0) is 13.9 Å². The molecule has 0 bridgehead atoms. The molecule has 0 fully saturated rings. The molecule has 2 aromatic carbocycles. The number of hydrogen-bond acceptors (Lipinski definition) is 3. The van der Waals surface area contributed by atoms with Crippen molar-refractivity contribution in [2.75, 3.05) is 19.4 Å². The Kier molecular flexibility index (Phi) is 8.55. The van der Waals surface area contributed by atoms with Crippen LogP contribution in [-0.4, -0.2) is 25.0 Å². The second kappa shape index (κ2) is 10.4. The molecule has 27 heavy (non-hydrogen) atoms. The Morgan fingerprint density at radius 1 is 0.778 bits per heavy atom. The molecule has 2 rings (SSSR count). The Labute approximate surface area is 164 Å². The summed E-state index contributed by atoms with van der Waals surface area (Å²) in [5.74, 6) is 0. The second-order valence-corrected chi connectivity index (χ2v) is 13.5. The van der Waals surface area contributed by atoms with E-state index >= 15 is 0 Å². The summed E-state index contributed by atoms with van der Waals surface area (Å²) in [6, 6.07) is 18.9. The molecule has 0 aromatic heterocycles. The SMILES string of the molecule is CCCCP(=O)(CCCC)C(OC)P(=O)(c1ccccc1)c1ccccc1. The van der Waals surface area contributed by atoms with Crippen molar-refractivity contribution in [3.8, 4) is 0 Å². The fourth-order valence-corrected chi connectivity index (χ4v) is 12.5. The molecule has 3 nitrogen and oxygen atoms in total. The summed E-state index contributed by atoms with van der Waals surface area (Å²) < 4.78 is 34.6. The van der Waals surface area contributed by atoms with Crippen molar-refractivity contribution in [1.29, 1.82) is 0 Å². The minimum Gasteiger partial charge on any atom is -0.365 e. The van der Waals surface area contributed by atoms with Crippen LogP contribution in [0.4, 0.5) is 0 Å². The fraction of sp³-hybridized carbons (Fsp3) is 0.455. The molecular formula is C22H32O3P2. The molecule has 0 radical (unpaired) electrons. The van der Waals surface area contributed by atoms with E-state index < -0.39 is 19.9 Å².